The molecule has 108 valence electrons. The van der Waals surface area contributed by atoms with E-state index in [1.54, 1.807) is 48.5 Å². The van der Waals surface area contributed by atoms with Crippen LogP contribution in [0.15, 0.2) is 48.5 Å². The van der Waals surface area contributed by atoms with Crippen molar-refractivity contribution in [1.29, 1.82) is 0 Å². The molecule has 2 rings (SSSR count). The predicted octanol–water partition coefficient (Wildman–Crippen LogP) is 3.16. The molecule has 0 spiro atoms. The highest BCUT2D eigenvalue weighted by molar-refractivity contribution is 5.94. The number of hydrogen-bond donors (Lipinski definition) is 0. The van der Waals surface area contributed by atoms with E-state index >= 15 is 0 Å². The molecule has 0 unspecified atom stereocenters. The second-order valence-corrected chi connectivity index (χ2v) is 4.46. The topological polar surface area (TPSA) is 52.6 Å². The summed E-state index contributed by atoms with van der Waals surface area (Å²) in [6.45, 7) is 2.32. The third kappa shape index (κ3) is 4.45. The van der Waals surface area contributed by atoms with Gasteiger partial charge in [0.25, 0.3) is 0 Å². The number of ether oxygens (including phenoxy) is 2. The van der Waals surface area contributed by atoms with Gasteiger partial charge in [-0.3, -0.25) is 9.59 Å². The molecular formula is C17H16O4. The van der Waals surface area contributed by atoms with Crippen LogP contribution in [0.3, 0.4) is 0 Å². The van der Waals surface area contributed by atoms with Crippen LogP contribution < -0.4 is 9.47 Å². The zero-order valence-electron chi connectivity index (χ0n) is 11.7. The van der Waals surface area contributed by atoms with Crippen LogP contribution in [-0.2, 0) is 0 Å². The van der Waals surface area contributed by atoms with Crippen molar-refractivity contribution in [2.24, 2.45) is 0 Å². The second-order valence-electron chi connectivity index (χ2n) is 4.46. The quantitative estimate of drug-likeness (QED) is 0.445. The number of carbonyl (C=O) groups is 2. The van der Waals surface area contributed by atoms with E-state index in [0.29, 0.717) is 35.8 Å². The number of rotatable bonds is 7. The maximum absolute atomic E-state index is 11.1. The first-order valence-corrected chi connectivity index (χ1v) is 6.61. The van der Waals surface area contributed by atoms with Crippen molar-refractivity contribution in [3.8, 4) is 11.5 Å². The van der Waals surface area contributed by atoms with Crippen LogP contribution in [0.1, 0.15) is 27.6 Å². The van der Waals surface area contributed by atoms with Gasteiger partial charge in [0.2, 0.25) is 0 Å². The Balaban J connectivity index is 1.76. The molecule has 0 heterocycles. The lowest BCUT2D eigenvalue weighted by Crippen LogP contribution is -2.09. The largest absolute Gasteiger partial charge is 0.490 e. The van der Waals surface area contributed by atoms with Crippen LogP contribution in [0.2, 0.25) is 0 Å². The summed E-state index contributed by atoms with van der Waals surface area (Å²) in [4.78, 5) is 21.7. The number of ketones is 1. The molecule has 0 aromatic heterocycles. The fourth-order valence-corrected chi connectivity index (χ4v) is 1.75. The Morgan fingerprint density at radius 3 is 1.81 bits per heavy atom. The smallest absolute Gasteiger partial charge is 0.159 e. The zero-order chi connectivity index (χ0) is 15.1. The first-order valence-electron chi connectivity index (χ1n) is 6.61. The van der Waals surface area contributed by atoms with Crippen LogP contribution in [0, 0.1) is 0 Å². The summed E-state index contributed by atoms with van der Waals surface area (Å²) in [6.07, 6.45) is 0.789. The summed E-state index contributed by atoms with van der Waals surface area (Å²) in [5.41, 5.74) is 1.28. The van der Waals surface area contributed by atoms with E-state index in [9.17, 15) is 9.59 Å². The van der Waals surface area contributed by atoms with Crippen LogP contribution in [-0.4, -0.2) is 25.3 Å². The number of Topliss-reactive ketones (excluding diaryl/α,β-unsaturated/α-hetero) is 1. The average molecular weight is 284 g/mol. The lowest BCUT2D eigenvalue weighted by atomic mass is 10.1. The fraction of sp³-hybridized carbons (Fsp3) is 0.176. The molecule has 2 aromatic rings. The standard InChI is InChI=1S/C17H16O4/c1-13(19)15-4-8-17(9-5-15)21-11-10-20-16-6-2-14(12-18)3-7-16/h2-9,12H,10-11H2,1H3. The summed E-state index contributed by atoms with van der Waals surface area (Å²) in [5, 5.41) is 0. The molecule has 0 aliphatic carbocycles. The Labute approximate surface area is 123 Å². The molecule has 4 nitrogen and oxygen atoms in total. The molecular weight excluding hydrogens is 268 g/mol. The van der Waals surface area contributed by atoms with Crippen LogP contribution in [0.25, 0.3) is 0 Å². The Hall–Kier alpha value is -2.62. The SMILES string of the molecule is CC(=O)c1ccc(OCCOc2ccc(C=O)cc2)cc1. The van der Waals surface area contributed by atoms with Crippen molar-refractivity contribution in [3.05, 3.63) is 59.7 Å². The third-order valence-electron chi connectivity index (χ3n) is 2.90. The summed E-state index contributed by atoms with van der Waals surface area (Å²) in [7, 11) is 0. The molecule has 21 heavy (non-hydrogen) atoms. The van der Waals surface area contributed by atoms with E-state index in [4.69, 9.17) is 9.47 Å². The van der Waals surface area contributed by atoms with Crippen molar-refractivity contribution in [2.75, 3.05) is 13.2 Å². The molecule has 0 N–H and O–H groups in total. The normalized spacial score (nSPS) is 9.95. The molecule has 0 atom stereocenters. The van der Waals surface area contributed by atoms with Gasteiger partial charge in [-0.2, -0.15) is 0 Å². The first kappa shape index (κ1) is 14.8. The van der Waals surface area contributed by atoms with Gasteiger partial charge in [0.15, 0.2) is 5.78 Å². The van der Waals surface area contributed by atoms with Crippen molar-refractivity contribution in [2.45, 2.75) is 6.92 Å². The van der Waals surface area contributed by atoms with Crippen molar-refractivity contribution >= 4 is 12.1 Å². The monoisotopic (exact) mass is 284 g/mol. The number of aldehydes is 1. The van der Waals surface area contributed by atoms with Crippen LogP contribution >= 0.6 is 0 Å². The maximum atomic E-state index is 11.1. The van der Waals surface area contributed by atoms with Gasteiger partial charge < -0.3 is 9.47 Å². The van der Waals surface area contributed by atoms with Gasteiger partial charge in [-0.05, 0) is 55.5 Å². The fourth-order valence-electron chi connectivity index (χ4n) is 1.75. The number of benzene rings is 2. The Kier molecular flexibility index (Phi) is 5.10. The molecule has 0 aliphatic heterocycles. The molecule has 0 aliphatic rings. The van der Waals surface area contributed by atoms with E-state index in [2.05, 4.69) is 0 Å². The third-order valence-corrected chi connectivity index (χ3v) is 2.90. The lowest BCUT2D eigenvalue weighted by molar-refractivity contribution is 0.101. The van der Waals surface area contributed by atoms with E-state index in [-0.39, 0.29) is 5.78 Å². The first-order chi connectivity index (χ1) is 10.2. The Bertz CT molecular complexity index is 600. The summed E-state index contributed by atoms with van der Waals surface area (Å²) < 4.78 is 11.0. The van der Waals surface area contributed by atoms with Crippen LogP contribution in [0.4, 0.5) is 0 Å². The van der Waals surface area contributed by atoms with Crippen molar-refractivity contribution < 1.29 is 19.1 Å². The maximum Gasteiger partial charge on any atom is 0.159 e. The minimum atomic E-state index is 0.0312. The molecule has 4 heteroatoms. The molecule has 0 amide bonds. The molecule has 0 saturated carbocycles. The van der Waals surface area contributed by atoms with E-state index < -0.39 is 0 Å². The molecule has 0 saturated heterocycles. The van der Waals surface area contributed by atoms with Gasteiger partial charge in [-0.15, -0.1) is 0 Å². The molecule has 0 bridgehead atoms. The predicted molar refractivity (Wildman–Crippen MR) is 79.3 cm³/mol. The summed E-state index contributed by atoms with van der Waals surface area (Å²) in [5.74, 6) is 1.42. The molecule has 0 fully saturated rings. The summed E-state index contributed by atoms with van der Waals surface area (Å²) in [6, 6.07) is 13.9. The minimum Gasteiger partial charge on any atom is -0.490 e. The highest BCUT2D eigenvalue weighted by Crippen LogP contribution is 2.13. The Morgan fingerprint density at radius 1 is 0.905 bits per heavy atom. The average Bonchev–Trinajstić information content (AvgIpc) is 2.52. The van der Waals surface area contributed by atoms with Gasteiger partial charge in [-0.1, -0.05) is 0 Å². The van der Waals surface area contributed by atoms with Gasteiger partial charge >= 0.3 is 0 Å². The highest BCUT2D eigenvalue weighted by atomic mass is 16.5. The van der Waals surface area contributed by atoms with E-state index in [1.165, 1.54) is 6.92 Å². The van der Waals surface area contributed by atoms with Gasteiger partial charge in [0.1, 0.15) is 31.0 Å². The second kappa shape index (κ2) is 7.24. The van der Waals surface area contributed by atoms with Crippen LogP contribution in [0.5, 0.6) is 11.5 Å². The van der Waals surface area contributed by atoms with E-state index in [1.807, 2.05) is 0 Å². The highest BCUT2D eigenvalue weighted by Gasteiger charge is 2.00. The Morgan fingerprint density at radius 2 is 1.38 bits per heavy atom. The molecule has 0 radical (unpaired) electrons. The van der Waals surface area contributed by atoms with E-state index in [0.717, 1.165) is 6.29 Å². The van der Waals surface area contributed by atoms with Gasteiger partial charge in [-0.25, -0.2) is 0 Å². The van der Waals surface area contributed by atoms with Crippen molar-refractivity contribution in [3.63, 3.8) is 0 Å². The van der Waals surface area contributed by atoms with Gasteiger partial charge in [0.05, 0.1) is 0 Å². The summed E-state index contributed by atoms with van der Waals surface area (Å²) >= 11 is 0. The molecule has 2 aromatic carbocycles. The minimum absolute atomic E-state index is 0.0312. The lowest BCUT2D eigenvalue weighted by Gasteiger charge is -2.08. The zero-order valence-corrected chi connectivity index (χ0v) is 11.7. The van der Waals surface area contributed by atoms with Crippen molar-refractivity contribution in [1.82, 2.24) is 0 Å². The number of hydrogen-bond acceptors (Lipinski definition) is 4. The number of carbonyl (C=O) groups excluding carboxylic acids is 2. The van der Waals surface area contributed by atoms with Gasteiger partial charge in [0, 0.05) is 11.1 Å².